The summed E-state index contributed by atoms with van der Waals surface area (Å²) in [5.74, 6) is -0.464. The Balaban J connectivity index is 3.15. The Morgan fingerprint density at radius 3 is 2.50 bits per heavy atom. The van der Waals surface area contributed by atoms with Crippen LogP contribution in [0.5, 0.6) is 5.75 Å². The molecule has 0 bridgehead atoms. The summed E-state index contributed by atoms with van der Waals surface area (Å²) in [5.41, 5.74) is 10.1. The smallest absolute Gasteiger partial charge is 0.244 e. The minimum absolute atomic E-state index is 0.0493. The fourth-order valence-corrected chi connectivity index (χ4v) is 3.36. The van der Waals surface area contributed by atoms with Gasteiger partial charge in [-0.3, -0.25) is 4.79 Å². The number of rotatable bonds is 6. The van der Waals surface area contributed by atoms with Gasteiger partial charge >= 0.3 is 0 Å². The number of benzene rings is 1. The Morgan fingerprint density at radius 1 is 1.40 bits per heavy atom. The Kier molecular flexibility index (Phi) is 4.61. The van der Waals surface area contributed by atoms with E-state index in [0.717, 1.165) is 0 Å². The number of nitrogen functional groups attached to an aromatic ring is 1. The molecule has 112 valence electrons. The van der Waals surface area contributed by atoms with Gasteiger partial charge in [0.1, 0.15) is 10.6 Å². The number of carbonyl (C=O) groups excluding carboxylic acids is 1. The predicted octanol–water partition coefficient (Wildman–Crippen LogP) is 0.210. The van der Waals surface area contributed by atoms with Crippen LogP contribution in [-0.2, 0) is 14.8 Å². The molecule has 0 spiro atoms. The molecule has 0 saturated carbocycles. The highest BCUT2D eigenvalue weighted by Gasteiger charge is 2.29. The molecule has 0 heterocycles. The molecule has 0 atom stereocenters. The average Bonchev–Trinajstić information content (AvgIpc) is 2.24. The minimum atomic E-state index is -3.86. The van der Waals surface area contributed by atoms with E-state index in [4.69, 9.17) is 16.2 Å². The summed E-state index contributed by atoms with van der Waals surface area (Å²) in [6.07, 6.45) is -0.122. The molecule has 5 N–H and O–H groups in total. The summed E-state index contributed by atoms with van der Waals surface area (Å²) in [7, 11) is -2.51. The van der Waals surface area contributed by atoms with E-state index in [1.54, 1.807) is 13.8 Å². The van der Waals surface area contributed by atoms with Crippen molar-refractivity contribution in [3.05, 3.63) is 18.2 Å². The van der Waals surface area contributed by atoms with Crippen molar-refractivity contribution in [3.8, 4) is 5.75 Å². The zero-order valence-electron chi connectivity index (χ0n) is 11.6. The van der Waals surface area contributed by atoms with Crippen LogP contribution >= 0.6 is 0 Å². The molecule has 1 aromatic rings. The van der Waals surface area contributed by atoms with E-state index in [2.05, 4.69) is 4.72 Å². The van der Waals surface area contributed by atoms with Gasteiger partial charge in [0.25, 0.3) is 0 Å². The summed E-state index contributed by atoms with van der Waals surface area (Å²) in [6, 6.07) is 4.21. The summed E-state index contributed by atoms with van der Waals surface area (Å²) in [6.45, 7) is 3.14. The number of sulfonamides is 1. The number of nitrogens with two attached hydrogens (primary N) is 2. The average molecular weight is 301 g/mol. The zero-order valence-corrected chi connectivity index (χ0v) is 12.5. The van der Waals surface area contributed by atoms with E-state index in [1.807, 2.05) is 0 Å². The van der Waals surface area contributed by atoms with Crippen LogP contribution < -0.4 is 20.9 Å². The maximum Gasteiger partial charge on any atom is 0.244 e. The molecule has 0 aromatic heterocycles. The van der Waals surface area contributed by atoms with Crippen LogP contribution in [0.1, 0.15) is 20.3 Å². The minimum Gasteiger partial charge on any atom is -0.495 e. The van der Waals surface area contributed by atoms with Gasteiger partial charge in [-0.2, -0.15) is 0 Å². The number of anilines is 1. The Hall–Kier alpha value is -1.80. The number of hydrogen-bond acceptors (Lipinski definition) is 5. The van der Waals surface area contributed by atoms with Crippen LogP contribution in [-0.4, -0.2) is 27.0 Å². The van der Waals surface area contributed by atoms with Crippen molar-refractivity contribution in [3.63, 3.8) is 0 Å². The number of amides is 1. The summed E-state index contributed by atoms with van der Waals surface area (Å²) < 4.78 is 32.1. The van der Waals surface area contributed by atoms with Crippen LogP contribution in [0.4, 0.5) is 5.69 Å². The third-order valence-corrected chi connectivity index (χ3v) is 4.24. The highest BCUT2D eigenvalue weighted by molar-refractivity contribution is 7.89. The standard InChI is InChI=1S/C12H19N3O4S/c1-12(2,7-11(14)16)15-20(17,18)10-5-4-8(13)6-9(10)19-3/h4-6,15H,7,13H2,1-3H3,(H2,14,16). The first kappa shape index (κ1) is 16.3. The maximum atomic E-state index is 12.3. The lowest BCUT2D eigenvalue weighted by molar-refractivity contribution is -0.119. The molecule has 20 heavy (non-hydrogen) atoms. The number of nitrogens with one attached hydrogen (secondary N) is 1. The summed E-state index contributed by atoms with van der Waals surface area (Å²) in [4.78, 5) is 10.9. The topological polar surface area (TPSA) is 125 Å². The van der Waals surface area contributed by atoms with Crippen LogP contribution in [0.3, 0.4) is 0 Å². The van der Waals surface area contributed by atoms with Crippen molar-refractivity contribution in [1.29, 1.82) is 0 Å². The number of ether oxygens (including phenoxy) is 1. The van der Waals surface area contributed by atoms with Gasteiger partial charge in [0.15, 0.2) is 0 Å². The van der Waals surface area contributed by atoms with Gasteiger partial charge < -0.3 is 16.2 Å². The molecule has 0 radical (unpaired) electrons. The van der Waals surface area contributed by atoms with Gasteiger partial charge in [-0.15, -0.1) is 0 Å². The van der Waals surface area contributed by atoms with Gasteiger partial charge in [-0.05, 0) is 26.0 Å². The predicted molar refractivity (Wildman–Crippen MR) is 75.6 cm³/mol. The van der Waals surface area contributed by atoms with E-state index in [9.17, 15) is 13.2 Å². The number of hydrogen-bond donors (Lipinski definition) is 3. The van der Waals surface area contributed by atoms with E-state index in [1.165, 1.54) is 25.3 Å². The van der Waals surface area contributed by atoms with E-state index in [-0.39, 0.29) is 17.1 Å². The van der Waals surface area contributed by atoms with E-state index in [0.29, 0.717) is 5.69 Å². The number of carbonyl (C=O) groups is 1. The van der Waals surface area contributed by atoms with Crippen molar-refractivity contribution in [2.24, 2.45) is 5.73 Å². The number of primary amides is 1. The SMILES string of the molecule is COc1cc(N)ccc1S(=O)(=O)NC(C)(C)CC(N)=O. The molecule has 1 aromatic carbocycles. The van der Waals surface area contributed by atoms with Crippen molar-refractivity contribution in [2.75, 3.05) is 12.8 Å². The molecule has 1 amide bonds. The second-order valence-corrected chi connectivity index (χ2v) is 6.69. The second kappa shape index (κ2) is 5.68. The van der Waals surface area contributed by atoms with Crippen molar-refractivity contribution >= 4 is 21.6 Å². The molecule has 0 aliphatic rings. The third-order valence-electron chi connectivity index (χ3n) is 2.50. The van der Waals surface area contributed by atoms with Gasteiger partial charge in [-0.1, -0.05) is 0 Å². The molecule has 7 nitrogen and oxygen atoms in total. The fraction of sp³-hybridized carbons (Fsp3) is 0.417. The molecular weight excluding hydrogens is 282 g/mol. The van der Waals surface area contributed by atoms with Crippen molar-refractivity contribution < 1.29 is 17.9 Å². The first-order chi connectivity index (χ1) is 9.07. The van der Waals surface area contributed by atoms with Gasteiger partial charge in [-0.25, -0.2) is 13.1 Å². The van der Waals surface area contributed by atoms with Gasteiger partial charge in [0.2, 0.25) is 15.9 Å². The van der Waals surface area contributed by atoms with Gasteiger partial charge in [0, 0.05) is 23.7 Å². The lowest BCUT2D eigenvalue weighted by atomic mass is 10.0. The maximum absolute atomic E-state index is 12.3. The first-order valence-electron chi connectivity index (χ1n) is 5.83. The molecule has 0 aliphatic carbocycles. The highest BCUT2D eigenvalue weighted by atomic mass is 32.2. The monoisotopic (exact) mass is 301 g/mol. The first-order valence-corrected chi connectivity index (χ1v) is 7.31. The highest BCUT2D eigenvalue weighted by Crippen LogP contribution is 2.27. The van der Waals surface area contributed by atoms with E-state index < -0.39 is 21.5 Å². The zero-order chi connectivity index (χ0) is 15.6. The van der Waals surface area contributed by atoms with Crippen LogP contribution in [0.2, 0.25) is 0 Å². The Bertz CT molecular complexity index is 611. The second-order valence-electron chi connectivity index (χ2n) is 5.04. The third kappa shape index (κ3) is 4.10. The molecular formula is C12H19N3O4S. The van der Waals surface area contributed by atoms with Crippen LogP contribution in [0, 0.1) is 0 Å². The summed E-state index contributed by atoms with van der Waals surface area (Å²) >= 11 is 0. The normalized spacial score (nSPS) is 12.2. The Labute approximate surface area is 118 Å². The fourth-order valence-electron chi connectivity index (χ4n) is 1.80. The number of methoxy groups -OCH3 is 1. The van der Waals surface area contributed by atoms with Crippen LogP contribution in [0.15, 0.2) is 23.1 Å². The lowest BCUT2D eigenvalue weighted by Crippen LogP contribution is -2.45. The molecule has 0 fully saturated rings. The molecule has 0 unspecified atom stereocenters. The molecule has 0 aliphatic heterocycles. The van der Waals surface area contributed by atoms with Crippen molar-refractivity contribution in [1.82, 2.24) is 4.72 Å². The molecule has 1 rings (SSSR count). The summed E-state index contributed by atoms with van der Waals surface area (Å²) in [5, 5.41) is 0. The van der Waals surface area contributed by atoms with Crippen molar-refractivity contribution in [2.45, 2.75) is 30.7 Å². The largest absolute Gasteiger partial charge is 0.495 e. The quantitative estimate of drug-likeness (QED) is 0.648. The molecule has 0 saturated heterocycles. The van der Waals surface area contributed by atoms with E-state index >= 15 is 0 Å². The Morgan fingerprint density at radius 2 is 2.00 bits per heavy atom. The lowest BCUT2D eigenvalue weighted by Gasteiger charge is -2.25. The van der Waals surface area contributed by atoms with Crippen LogP contribution in [0.25, 0.3) is 0 Å². The molecule has 8 heteroatoms. The van der Waals surface area contributed by atoms with Gasteiger partial charge in [0.05, 0.1) is 7.11 Å².